The highest BCUT2D eigenvalue weighted by molar-refractivity contribution is 9.10. The molecule has 0 aliphatic heterocycles. The first-order chi connectivity index (χ1) is 13.5. The maximum absolute atomic E-state index is 14.2. The zero-order valence-corrected chi connectivity index (χ0v) is 16.8. The average Bonchev–Trinajstić information content (AvgIpc) is 2.69. The van der Waals surface area contributed by atoms with E-state index in [1.807, 2.05) is 42.5 Å². The van der Waals surface area contributed by atoms with E-state index in [-0.39, 0.29) is 5.69 Å². The SMILES string of the molecule is O=C(Nc1ccc(Br)cc1F)c1cc(-c2ccccc2Cl)nc2ccccc12. The van der Waals surface area contributed by atoms with Gasteiger partial charge >= 0.3 is 0 Å². The van der Waals surface area contributed by atoms with Gasteiger partial charge in [0, 0.05) is 20.4 Å². The predicted octanol–water partition coefficient (Wildman–Crippen LogP) is 6.71. The molecule has 4 rings (SSSR count). The summed E-state index contributed by atoms with van der Waals surface area (Å²) in [5.74, 6) is -0.944. The van der Waals surface area contributed by atoms with Gasteiger partial charge in [-0.2, -0.15) is 0 Å². The fourth-order valence-electron chi connectivity index (χ4n) is 2.95. The first kappa shape index (κ1) is 18.6. The highest BCUT2D eigenvalue weighted by Gasteiger charge is 2.16. The lowest BCUT2D eigenvalue weighted by atomic mass is 10.0. The third-order valence-electron chi connectivity index (χ3n) is 4.29. The molecule has 4 aromatic rings. The number of amides is 1. The van der Waals surface area contributed by atoms with Crippen LogP contribution < -0.4 is 5.32 Å². The molecule has 0 unspecified atom stereocenters. The number of nitrogens with zero attached hydrogens (tertiary/aromatic N) is 1. The number of hydrogen-bond acceptors (Lipinski definition) is 2. The van der Waals surface area contributed by atoms with Crippen molar-refractivity contribution in [2.24, 2.45) is 0 Å². The quantitative estimate of drug-likeness (QED) is 0.373. The fourth-order valence-corrected chi connectivity index (χ4v) is 3.52. The molecule has 1 N–H and O–H groups in total. The molecule has 0 aliphatic rings. The molecule has 0 aliphatic carbocycles. The van der Waals surface area contributed by atoms with Crippen molar-refractivity contribution in [3.63, 3.8) is 0 Å². The van der Waals surface area contributed by atoms with Crippen LogP contribution in [-0.2, 0) is 0 Å². The van der Waals surface area contributed by atoms with Gasteiger partial charge in [-0.3, -0.25) is 4.79 Å². The monoisotopic (exact) mass is 454 g/mol. The Morgan fingerprint density at radius 2 is 1.75 bits per heavy atom. The Balaban J connectivity index is 1.83. The van der Waals surface area contributed by atoms with Crippen LogP contribution in [0, 0.1) is 5.82 Å². The van der Waals surface area contributed by atoms with E-state index in [1.165, 1.54) is 12.1 Å². The van der Waals surface area contributed by atoms with Crippen LogP contribution in [0.5, 0.6) is 0 Å². The molecule has 1 heterocycles. The smallest absolute Gasteiger partial charge is 0.256 e. The summed E-state index contributed by atoms with van der Waals surface area (Å²) in [4.78, 5) is 17.6. The van der Waals surface area contributed by atoms with Gasteiger partial charge in [0.15, 0.2) is 0 Å². The Kier molecular flexibility index (Phi) is 5.11. The fraction of sp³-hybridized carbons (Fsp3) is 0. The second-order valence-electron chi connectivity index (χ2n) is 6.13. The molecule has 0 spiro atoms. The van der Waals surface area contributed by atoms with Gasteiger partial charge in [-0.1, -0.05) is 63.9 Å². The number of halogens is 3. The Bertz CT molecular complexity index is 1210. The Morgan fingerprint density at radius 1 is 1.00 bits per heavy atom. The van der Waals surface area contributed by atoms with Gasteiger partial charge in [-0.05, 0) is 36.4 Å². The molecular formula is C22H13BrClFN2O. The van der Waals surface area contributed by atoms with Crippen molar-refractivity contribution >= 4 is 50.0 Å². The first-order valence-electron chi connectivity index (χ1n) is 8.44. The van der Waals surface area contributed by atoms with E-state index in [0.29, 0.717) is 31.7 Å². The second-order valence-corrected chi connectivity index (χ2v) is 7.45. The van der Waals surface area contributed by atoms with Gasteiger partial charge in [0.2, 0.25) is 0 Å². The van der Waals surface area contributed by atoms with Crippen molar-refractivity contribution in [1.29, 1.82) is 0 Å². The molecule has 6 heteroatoms. The van der Waals surface area contributed by atoms with E-state index < -0.39 is 11.7 Å². The van der Waals surface area contributed by atoms with Crippen molar-refractivity contribution in [2.45, 2.75) is 0 Å². The molecule has 28 heavy (non-hydrogen) atoms. The summed E-state index contributed by atoms with van der Waals surface area (Å²) in [6.07, 6.45) is 0. The molecule has 1 amide bonds. The number of nitrogens with one attached hydrogen (secondary N) is 1. The third-order valence-corrected chi connectivity index (χ3v) is 5.11. The van der Waals surface area contributed by atoms with Crippen molar-refractivity contribution < 1.29 is 9.18 Å². The summed E-state index contributed by atoms with van der Waals surface area (Å²) >= 11 is 9.52. The number of rotatable bonds is 3. The minimum atomic E-state index is -0.521. The predicted molar refractivity (Wildman–Crippen MR) is 114 cm³/mol. The van der Waals surface area contributed by atoms with Gasteiger partial charge in [-0.25, -0.2) is 9.37 Å². The normalized spacial score (nSPS) is 10.8. The summed E-state index contributed by atoms with van der Waals surface area (Å²) in [5, 5.41) is 3.86. The number of carbonyl (C=O) groups excluding carboxylic acids is 1. The van der Waals surface area contributed by atoms with Crippen LogP contribution in [0.1, 0.15) is 10.4 Å². The molecule has 138 valence electrons. The lowest BCUT2D eigenvalue weighted by molar-refractivity contribution is 0.102. The maximum Gasteiger partial charge on any atom is 0.256 e. The summed E-state index contributed by atoms with van der Waals surface area (Å²) in [6, 6.07) is 20.8. The van der Waals surface area contributed by atoms with Crippen molar-refractivity contribution in [2.75, 3.05) is 5.32 Å². The van der Waals surface area contributed by atoms with Crippen LogP contribution in [0.15, 0.2) is 77.3 Å². The molecule has 0 fully saturated rings. The number of benzene rings is 3. The minimum Gasteiger partial charge on any atom is -0.319 e. The largest absolute Gasteiger partial charge is 0.319 e. The Morgan fingerprint density at radius 3 is 2.54 bits per heavy atom. The van der Waals surface area contributed by atoms with E-state index >= 15 is 0 Å². The number of pyridine rings is 1. The summed E-state index contributed by atoms with van der Waals surface area (Å²) in [6.45, 7) is 0. The number of anilines is 1. The topological polar surface area (TPSA) is 42.0 Å². The highest BCUT2D eigenvalue weighted by atomic mass is 79.9. The van der Waals surface area contributed by atoms with Crippen molar-refractivity contribution in [3.05, 3.63) is 93.7 Å². The van der Waals surface area contributed by atoms with Crippen LogP contribution >= 0.6 is 27.5 Å². The van der Waals surface area contributed by atoms with Gasteiger partial charge in [-0.15, -0.1) is 0 Å². The standard InChI is InChI=1S/C22H13BrClFN2O/c23-13-9-10-20(18(25)11-13)27-22(28)16-12-21(15-6-1-3-7-17(15)24)26-19-8-4-2-5-14(16)19/h1-12H,(H,27,28). The maximum atomic E-state index is 14.2. The molecule has 0 atom stereocenters. The van der Waals surface area contributed by atoms with Crippen LogP contribution in [-0.4, -0.2) is 10.9 Å². The van der Waals surface area contributed by atoms with E-state index in [0.717, 1.165) is 5.56 Å². The molecule has 3 aromatic carbocycles. The molecule has 0 bridgehead atoms. The number of para-hydroxylation sites is 1. The molecule has 3 nitrogen and oxygen atoms in total. The van der Waals surface area contributed by atoms with Gasteiger partial charge in [0.05, 0.1) is 22.5 Å². The van der Waals surface area contributed by atoms with Gasteiger partial charge in [0.25, 0.3) is 5.91 Å². The minimum absolute atomic E-state index is 0.105. The van der Waals surface area contributed by atoms with Crippen molar-refractivity contribution in [3.8, 4) is 11.3 Å². The zero-order chi connectivity index (χ0) is 19.7. The third kappa shape index (κ3) is 3.63. The van der Waals surface area contributed by atoms with E-state index in [9.17, 15) is 9.18 Å². The Hall–Kier alpha value is -2.76. The van der Waals surface area contributed by atoms with E-state index in [2.05, 4.69) is 26.2 Å². The van der Waals surface area contributed by atoms with Crippen molar-refractivity contribution in [1.82, 2.24) is 4.98 Å². The molecule has 1 aromatic heterocycles. The zero-order valence-electron chi connectivity index (χ0n) is 14.4. The van der Waals surface area contributed by atoms with E-state index in [1.54, 1.807) is 18.2 Å². The molecular weight excluding hydrogens is 443 g/mol. The average molecular weight is 456 g/mol. The molecule has 0 radical (unpaired) electrons. The number of aromatic nitrogens is 1. The van der Waals surface area contributed by atoms with E-state index in [4.69, 9.17) is 11.6 Å². The summed E-state index contributed by atoms with van der Waals surface area (Å²) in [5.41, 5.74) is 2.45. The van der Waals surface area contributed by atoms with Crippen LogP contribution in [0.25, 0.3) is 22.2 Å². The number of fused-ring (bicyclic) bond motifs is 1. The van der Waals surface area contributed by atoms with Crippen LogP contribution in [0.4, 0.5) is 10.1 Å². The highest BCUT2D eigenvalue weighted by Crippen LogP contribution is 2.30. The second kappa shape index (κ2) is 7.70. The number of hydrogen-bond donors (Lipinski definition) is 1. The van der Waals surface area contributed by atoms with Crippen LogP contribution in [0.2, 0.25) is 5.02 Å². The first-order valence-corrected chi connectivity index (χ1v) is 9.61. The van der Waals surface area contributed by atoms with Gasteiger partial charge in [0.1, 0.15) is 5.82 Å². The lowest BCUT2D eigenvalue weighted by Gasteiger charge is -2.12. The lowest BCUT2D eigenvalue weighted by Crippen LogP contribution is -2.14. The molecule has 0 saturated carbocycles. The van der Waals surface area contributed by atoms with Crippen LogP contribution in [0.3, 0.4) is 0 Å². The Labute approximate surface area is 174 Å². The summed E-state index contributed by atoms with van der Waals surface area (Å²) < 4.78 is 14.8. The molecule has 0 saturated heterocycles. The van der Waals surface area contributed by atoms with Gasteiger partial charge < -0.3 is 5.32 Å². The number of carbonyl (C=O) groups is 1. The summed E-state index contributed by atoms with van der Waals surface area (Å²) in [7, 11) is 0.